The van der Waals surface area contributed by atoms with Gasteiger partial charge in [0.25, 0.3) is 0 Å². The topological polar surface area (TPSA) is 40.1 Å². The first-order valence-electron chi connectivity index (χ1n) is 3.69. The average Bonchev–Trinajstić information content (AvgIpc) is 2.13. The summed E-state index contributed by atoms with van der Waals surface area (Å²) >= 11 is 0. The second-order valence-corrected chi connectivity index (χ2v) is 2.63. The SMILES string of the molecule is O=C1CCCCC/C1=C\[O-].[Na+]. The van der Waals surface area contributed by atoms with Crippen molar-refractivity contribution in [3.05, 3.63) is 11.8 Å². The summed E-state index contributed by atoms with van der Waals surface area (Å²) in [6.07, 6.45) is 5.03. The molecule has 0 spiro atoms. The van der Waals surface area contributed by atoms with Crippen LogP contribution in [0.5, 0.6) is 0 Å². The largest absolute Gasteiger partial charge is 1.00 e. The van der Waals surface area contributed by atoms with E-state index in [0.717, 1.165) is 19.3 Å². The van der Waals surface area contributed by atoms with Crippen LogP contribution in [0.3, 0.4) is 0 Å². The fourth-order valence-corrected chi connectivity index (χ4v) is 1.20. The molecule has 1 aliphatic carbocycles. The summed E-state index contributed by atoms with van der Waals surface area (Å²) in [5.74, 6) is 0.0625. The van der Waals surface area contributed by atoms with E-state index in [1.807, 2.05) is 0 Å². The van der Waals surface area contributed by atoms with Crippen LogP contribution in [0.1, 0.15) is 32.1 Å². The number of carbonyl (C=O) groups excluding carboxylic acids is 1. The van der Waals surface area contributed by atoms with E-state index >= 15 is 0 Å². The van der Waals surface area contributed by atoms with Crippen LogP contribution < -0.4 is 34.7 Å². The van der Waals surface area contributed by atoms with Crippen molar-refractivity contribution in [2.24, 2.45) is 0 Å². The molecule has 0 aliphatic heterocycles. The molecule has 0 saturated heterocycles. The fraction of sp³-hybridized carbons (Fsp3) is 0.625. The van der Waals surface area contributed by atoms with Gasteiger partial charge in [-0.15, -0.1) is 6.26 Å². The van der Waals surface area contributed by atoms with Crippen molar-refractivity contribution in [3.8, 4) is 0 Å². The van der Waals surface area contributed by atoms with Crippen LogP contribution in [-0.4, -0.2) is 5.78 Å². The average molecular weight is 162 g/mol. The molecule has 1 fully saturated rings. The third-order valence-corrected chi connectivity index (χ3v) is 1.85. The van der Waals surface area contributed by atoms with E-state index in [-0.39, 0.29) is 35.3 Å². The van der Waals surface area contributed by atoms with Gasteiger partial charge in [0.2, 0.25) is 0 Å². The molecule has 0 N–H and O–H groups in total. The molecular weight excluding hydrogens is 151 g/mol. The monoisotopic (exact) mass is 162 g/mol. The molecule has 0 atom stereocenters. The maximum atomic E-state index is 11.0. The Balaban J connectivity index is 0.000001000. The van der Waals surface area contributed by atoms with Crippen molar-refractivity contribution in [1.29, 1.82) is 0 Å². The Labute approximate surface area is 89.0 Å². The van der Waals surface area contributed by atoms with Crippen LogP contribution >= 0.6 is 0 Å². The Morgan fingerprint density at radius 2 is 1.82 bits per heavy atom. The van der Waals surface area contributed by atoms with Crippen molar-refractivity contribution in [1.82, 2.24) is 0 Å². The van der Waals surface area contributed by atoms with Gasteiger partial charge in [0.15, 0.2) is 5.78 Å². The molecule has 0 radical (unpaired) electrons. The minimum Gasteiger partial charge on any atom is -0.878 e. The number of Topliss-reactive ketones (excluding diaryl/α,β-unsaturated/α-hetero) is 1. The molecule has 0 amide bonds. The number of ketones is 1. The first-order valence-corrected chi connectivity index (χ1v) is 3.69. The molecule has 1 rings (SSSR count). The summed E-state index contributed by atoms with van der Waals surface area (Å²) < 4.78 is 0. The molecule has 0 heterocycles. The van der Waals surface area contributed by atoms with Crippen LogP contribution in [0, 0.1) is 0 Å². The first-order chi connectivity index (χ1) is 4.84. The number of hydrogen-bond acceptors (Lipinski definition) is 2. The molecular formula is C8H11NaO2. The third-order valence-electron chi connectivity index (χ3n) is 1.85. The number of rotatable bonds is 0. The van der Waals surface area contributed by atoms with Gasteiger partial charge in [0, 0.05) is 6.42 Å². The van der Waals surface area contributed by atoms with Crippen molar-refractivity contribution in [2.75, 3.05) is 0 Å². The second kappa shape index (κ2) is 5.81. The molecule has 0 aromatic heterocycles. The van der Waals surface area contributed by atoms with Crippen LogP contribution in [-0.2, 0) is 4.79 Å². The maximum absolute atomic E-state index is 11.0. The van der Waals surface area contributed by atoms with Crippen LogP contribution in [0.15, 0.2) is 11.8 Å². The maximum Gasteiger partial charge on any atom is 1.00 e. The minimum atomic E-state index is 0. The summed E-state index contributed by atoms with van der Waals surface area (Å²) in [4.78, 5) is 11.0. The fourth-order valence-electron chi connectivity index (χ4n) is 1.20. The number of hydrogen-bond donors (Lipinski definition) is 0. The summed E-state index contributed by atoms with van der Waals surface area (Å²) in [6.45, 7) is 0. The molecule has 56 valence electrons. The van der Waals surface area contributed by atoms with Crippen LogP contribution in [0.4, 0.5) is 0 Å². The Morgan fingerprint density at radius 1 is 1.18 bits per heavy atom. The second-order valence-electron chi connectivity index (χ2n) is 2.63. The zero-order chi connectivity index (χ0) is 7.40. The predicted molar refractivity (Wildman–Crippen MR) is 36.2 cm³/mol. The van der Waals surface area contributed by atoms with E-state index in [1.165, 1.54) is 0 Å². The molecule has 0 aromatic rings. The number of allylic oxidation sites excluding steroid dienone is 1. The molecule has 0 unspecified atom stereocenters. The van der Waals surface area contributed by atoms with Gasteiger partial charge in [-0.25, -0.2) is 0 Å². The molecule has 11 heavy (non-hydrogen) atoms. The summed E-state index contributed by atoms with van der Waals surface area (Å²) in [5.41, 5.74) is 0.498. The van der Waals surface area contributed by atoms with E-state index in [2.05, 4.69) is 0 Å². The van der Waals surface area contributed by atoms with Gasteiger partial charge in [0.05, 0.1) is 0 Å². The standard InChI is InChI=1S/C8H12O2.Na/c9-6-7-4-2-1-3-5-8(7)10;/h6,9H,1-5H2;/q;+1/p-1/b7-6+;. The molecule has 1 saturated carbocycles. The Morgan fingerprint density at radius 3 is 2.45 bits per heavy atom. The number of carbonyl (C=O) groups is 1. The Bertz CT molecular complexity index is 163. The van der Waals surface area contributed by atoms with E-state index in [1.54, 1.807) is 0 Å². The minimum absolute atomic E-state index is 0. The predicted octanol–water partition coefficient (Wildman–Crippen LogP) is -2.23. The van der Waals surface area contributed by atoms with Gasteiger partial charge in [-0.1, -0.05) is 6.42 Å². The Hall–Kier alpha value is 0.210. The molecule has 2 nitrogen and oxygen atoms in total. The third kappa shape index (κ3) is 3.41. The van der Waals surface area contributed by atoms with Gasteiger partial charge in [-0.05, 0) is 24.8 Å². The van der Waals surface area contributed by atoms with E-state index in [9.17, 15) is 9.90 Å². The normalized spacial score (nSPS) is 22.5. The van der Waals surface area contributed by atoms with Crippen molar-refractivity contribution >= 4 is 5.78 Å². The first kappa shape index (κ1) is 11.2. The van der Waals surface area contributed by atoms with Crippen molar-refractivity contribution in [2.45, 2.75) is 32.1 Å². The smallest absolute Gasteiger partial charge is 0.878 e. The zero-order valence-corrected chi connectivity index (χ0v) is 8.93. The van der Waals surface area contributed by atoms with Crippen molar-refractivity contribution in [3.63, 3.8) is 0 Å². The summed E-state index contributed by atoms with van der Waals surface area (Å²) in [5, 5.41) is 10.3. The summed E-state index contributed by atoms with van der Waals surface area (Å²) in [6, 6.07) is 0. The molecule has 0 aromatic carbocycles. The van der Waals surface area contributed by atoms with Gasteiger partial charge in [-0.3, -0.25) is 4.79 Å². The zero-order valence-electron chi connectivity index (χ0n) is 6.93. The van der Waals surface area contributed by atoms with Gasteiger partial charge in [-0.2, -0.15) is 0 Å². The van der Waals surface area contributed by atoms with E-state index in [0.29, 0.717) is 24.7 Å². The van der Waals surface area contributed by atoms with Crippen LogP contribution in [0.2, 0.25) is 0 Å². The molecule has 0 bridgehead atoms. The Kier molecular flexibility index (Phi) is 5.92. The quantitative estimate of drug-likeness (QED) is 0.175. The van der Waals surface area contributed by atoms with Gasteiger partial charge >= 0.3 is 29.6 Å². The van der Waals surface area contributed by atoms with E-state index in [4.69, 9.17) is 0 Å². The summed E-state index contributed by atoms with van der Waals surface area (Å²) in [7, 11) is 0. The van der Waals surface area contributed by atoms with Gasteiger partial charge in [0.1, 0.15) is 0 Å². The van der Waals surface area contributed by atoms with Gasteiger partial charge < -0.3 is 5.11 Å². The van der Waals surface area contributed by atoms with E-state index < -0.39 is 0 Å². The van der Waals surface area contributed by atoms with Crippen LogP contribution in [0.25, 0.3) is 0 Å². The van der Waals surface area contributed by atoms with Crippen molar-refractivity contribution < 1.29 is 39.5 Å². The molecule has 1 aliphatic rings. The molecule has 3 heteroatoms.